The standard InChI is InChI=1S/C13H18BrClN2O2/c1-13(2,3)19-12(18)17-7-6-16-11-5-4-9(15)8-10(11)14/h4-5,8,16H,6-7H2,1-3H3,(H,17,18). The van der Waals surface area contributed by atoms with E-state index in [1.165, 1.54) is 0 Å². The van der Waals surface area contributed by atoms with Gasteiger partial charge in [0.1, 0.15) is 5.60 Å². The second kappa shape index (κ2) is 7.01. The maximum absolute atomic E-state index is 11.4. The molecule has 0 aliphatic carbocycles. The molecule has 0 saturated heterocycles. The molecule has 0 atom stereocenters. The number of amides is 1. The highest BCUT2D eigenvalue weighted by Crippen LogP contribution is 2.25. The first-order valence-electron chi connectivity index (χ1n) is 5.94. The third kappa shape index (κ3) is 6.68. The third-order valence-corrected chi connectivity index (χ3v) is 2.93. The van der Waals surface area contributed by atoms with Crippen molar-refractivity contribution in [3.05, 3.63) is 27.7 Å². The predicted molar refractivity (Wildman–Crippen MR) is 81.9 cm³/mol. The summed E-state index contributed by atoms with van der Waals surface area (Å²) in [5.41, 5.74) is 0.451. The Morgan fingerprint density at radius 1 is 1.37 bits per heavy atom. The van der Waals surface area contributed by atoms with Crippen LogP contribution in [0.3, 0.4) is 0 Å². The van der Waals surface area contributed by atoms with Gasteiger partial charge in [0.15, 0.2) is 0 Å². The van der Waals surface area contributed by atoms with Gasteiger partial charge in [-0.15, -0.1) is 0 Å². The molecule has 0 unspecified atom stereocenters. The molecule has 1 aromatic rings. The van der Waals surface area contributed by atoms with E-state index in [1.807, 2.05) is 32.9 Å². The van der Waals surface area contributed by atoms with E-state index < -0.39 is 11.7 Å². The first-order valence-corrected chi connectivity index (χ1v) is 7.11. The van der Waals surface area contributed by atoms with Crippen molar-refractivity contribution in [1.82, 2.24) is 5.32 Å². The average Bonchev–Trinajstić information content (AvgIpc) is 2.24. The van der Waals surface area contributed by atoms with Crippen LogP contribution in [0.5, 0.6) is 0 Å². The molecule has 6 heteroatoms. The summed E-state index contributed by atoms with van der Waals surface area (Å²) in [6.07, 6.45) is -0.413. The van der Waals surface area contributed by atoms with Crippen molar-refractivity contribution in [2.75, 3.05) is 18.4 Å². The Kier molecular flexibility index (Phi) is 5.94. The van der Waals surface area contributed by atoms with Crippen molar-refractivity contribution < 1.29 is 9.53 Å². The average molecular weight is 350 g/mol. The quantitative estimate of drug-likeness (QED) is 0.807. The molecule has 0 aromatic heterocycles. The van der Waals surface area contributed by atoms with Gasteiger partial charge in [-0.2, -0.15) is 0 Å². The maximum atomic E-state index is 11.4. The minimum absolute atomic E-state index is 0.413. The van der Waals surface area contributed by atoms with Crippen molar-refractivity contribution in [1.29, 1.82) is 0 Å². The summed E-state index contributed by atoms with van der Waals surface area (Å²) in [7, 11) is 0. The second-order valence-electron chi connectivity index (χ2n) is 4.98. The van der Waals surface area contributed by atoms with Crippen LogP contribution in [0.15, 0.2) is 22.7 Å². The van der Waals surface area contributed by atoms with Gasteiger partial charge in [0.2, 0.25) is 0 Å². The van der Waals surface area contributed by atoms with Crippen LogP contribution >= 0.6 is 27.5 Å². The topological polar surface area (TPSA) is 50.4 Å². The summed E-state index contributed by atoms with van der Waals surface area (Å²) in [5.74, 6) is 0. The lowest BCUT2D eigenvalue weighted by molar-refractivity contribution is 0.0530. The van der Waals surface area contributed by atoms with Crippen LogP contribution in [-0.4, -0.2) is 24.8 Å². The van der Waals surface area contributed by atoms with E-state index in [-0.39, 0.29) is 0 Å². The molecule has 0 bridgehead atoms. The van der Waals surface area contributed by atoms with E-state index >= 15 is 0 Å². The lowest BCUT2D eigenvalue weighted by atomic mass is 10.2. The fourth-order valence-electron chi connectivity index (χ4n) is 1.31. The Morgan fingerprint density at radius 3 is 2.63 bits per heavy atom. The normalized spacial score (nSPS) is 11.0. The number of hydrogen-bond acceptors (Lipinski definition) is 3. The second-order valence-corrected chi connectivity index (χ2v) is 6.27. The van der Waals surface area contributed by atoms with Gasteiger partial charge in [0, 0.05) is 28.3 Å². The monoisotopic (exact) mass is 348 g/mol. The first kappa shape index (κ1) is 16.1. The van der Waals surface area contributed by atoms with Gasteiger partial charge >= 0.3 is 6.09 Å². The number of halogens is 2. The molecular weight excluding hydrogens is 332 g/mol. The Bertz CT molecular complexity index is 447. The Morgan fingerprint density at radius 2 is 2.05 bits per heavy atom. The van der Waals surface area contributed by atoms with Gasteiger partial charge < -0.3 is 15.4 Å². The van der Waals surface area contributed by atoms with Gasteiger partial charge in [-0.05, 0) is 54.9 Å². The van der Waals surface area contributed by atoms with Crippen LogP contribution in [0.1, 0.15) is 20.8 Å². The number of ether oxygens (including phenoxy) is 1. The zero-order chi connectivity index (χ0) is 14.5. The fraction of sp³-hybridized carbons (Fsp3) is 0.462. The summed E-state index contributed by atoms with van der Waals surface area (Å²) in [5, 5.41) is 6.53. The highest BCUT2D eigenvalue weighted by atomic mass is 79.9. The molecule has 0 radical (unpaired) electrons. The molecule has 0 spiro atoms. The van der Waals surface area contributed by atoms with Crippen LogP contribution < -0.4 is 10.6 Å². The van der Waals surface area contributed by atoms with Crippen molar-refractivity contribution in [2.24, 2.45) is 0 Å². The molecule has 0 saturated carbocycles. The molecular formula is C13H18BrClN2O2. The minimum Gasteiger partial charge on any atom is -0.444 e. The number of alkyl carbamates (subject to hydrolysis) is 1. The molecule has 0 fully saturated rings. The molecule has 1 rings (SSSR count). The van der Waals surface area contributed by atoms with Gasteiger partial charge in [-0.25, -0.2) is 4.79 Å². The van der Waals surface area contributed by atoms with Gasteiger partial charge in [-0.1, -0.05) is 11.6 Å². The highest BCUT2D eigenvalue weighted by molar-refractivity contribution is 9.10. The van der Waals surface area contributed by atoms with Crippen molar-refractivity contribution in [3.63, 3.8) is 0 Å². The Labute approximate surface area is 127 Å². The Hall–Kier alpha value is -0.940. The van der Waals surface area contributed by atoms with Crippen LogP contribution in [-0.2, 0) is 4.74 Å². The van der Waals surface area contributed by atoms with Crippen LogP contribution in [0.4, 0.5) is 10.5 Å². The predicted octanol–water partition coefficient (Wildman–Crippen LogP) is 4.04. The summed E-state index contributed by atoms with van der Waals surface area (Å²) in [6, 6.07) is 5.49. The SMILES string of the molecule is CC(C)(C)OC(=O)NCCNc1ccc(Cl)cc1Br. The van der Waals surface area contributed by atoms with Gasteiger partial charge in [0.05, 0.1) is 0 Å². The fourth-order valence-corrected chi connectivity index (χ4v) is 2.13. The number of carbonyl (C=O) groups excluding carboxylic acids is 1. The summed E-state index contributed by atoms with van der Waals surface area (Å²) >= 11 is 9.26. The summed E-state index contributed by atoms with van der Waals surface area (Å²) in [6.45, 7) is 6.56. The molecule has 4 nitrogen and oxygen atoms in total. The maximum Gasteiger partial charge on any atom is 0.407 e. The van der Waals surface area contributed by atoms with E-state index in [1.54, 1.807) is 6.07 Å². The smallest absolute Gasteiger partial charge is 0.407 e. The van der Waals surface area contributed by atoms with Gasteiger partial charge in [0.25, 0.3) is 0 Å². The summed E-state index contributed by atoms with van der Waals surface area (Å²) < 4.78 is 6.01. The number of hydrogen-bond donors (Lipinski definition) is 2. The number of benzene rings is 1. The number of nitrogens with one attached hydrogen (secondary N) is 2. The van der Waals surface area contributed by atoms with Crippen molar-refractivity contribution in [2.45, 2.75) is 26.4 Å². The molecule has 106 valence electrons. The summed E-state index contributed by atoms with van der Waals surface area (Å²) in [4.78, 5) is 11.4. The molecule has 19 heavy (non-hydrogen) atoms. The van der Waals surface area contributed by atoms with Crippen LogP contribution in [0, 0.1) is 0 Å². The third-order valence-electron chi connectivity index (χ3n) is 2.04. The van der Waals surface area contributed by atoms with Crippen LogP contribution in [0.25, 0.3) is 0 Å². The van der Waals surface area contributed by atoms with Crippen molar-refractivity contribution in [3.8, 4) is 0 Å². The Balaban J connectivity index is 2.29. The van der Waals surface area contributed by atoms with E-state index in [4.69, 9.17) is 16.3 Å². The largest absolute Gasteiger partial charge is 0.444 e. The van der Waals surface area contributed by atoms with E-state index in [0.29, 0.717) is 18.1 Å². The minimum atomic E-state index is -0.475. The molecule has 0 aliphatic heterocycles. The van der Waals surface area contributed by atoms with E-state index in [0.717, 1.165) is 10.2 Å². The zero-order valence-electron chi connectivity index (χ0n) is 11.2. The lowest BCUT2D eigenvalue weighted by Gasteiger charge is -2.19. The zero-order valence-corrected chi connectivity index (χ0v) is 13.6. The number of carbonyl (C=O) groups is 1. The number of rotatable bonds is 4. The lowest BCUT2D eigenvalue weighted by Crippen LogP contribution is -2.35. The molecule has 0 aliphatic rings. The van der Waals surface area contributed by atoms with Crippen molar-refractivity contribution >= 4 is 39.3 Å². The van der Waals surface area contributed by atoms with E-state index in [9.17, 15) is 4.79 Å². The highest BCUT2D eigenvalue weighted by Gasteiger charge is 2.15. The first-order chi connectivity index (χ1) is 8.78. The van der Waals surface area contributed by atoms with E-state index in [2.05, 4.69) is 26.6 Å². The number of anilines is 1. The molecule has 0 heterocycles. The molecule has 1 aromatic carbocycles. The molecule has 2 N–H and O–H groups in total. The van der Waals surface area contributed by atoms with Crippen LogP contribution in [0.2, 0.25) is 5.02 Å². The van der Waals surface area contributed by atoms with Gasteiger partial charge in [-0.3, -0.25) is 0 Å². The molecule has 1 amide bonds.